The van der Waals surface area contributed by atoms with Crippen molar-refractivity contribution in [1.82, 2.24) is 25.0 Å². The van der Waals surface area contributed by atoms with Crippen molar-refractivity contribution in [3.05, 3.63) is 46.6 Å². The molecule has 30 heavy (non-hydrogen) atoms. The van der Waals surface area contributed by atoms with Gasteiger partial charge in [-0.15, -0.1) is 10.2 Å². The zero-order valence-corrected chi connectivity index (χ0v) is 17.8. The second-order valence-corrected chi connectivity index (χ2v) is 7.63. The Balaban J connectivity index is 1.89. The van der Waals surface area contributed by atoms with Gasteiger partial charge in [0.05, 0.1) is 19.9 Å². The molecular formula is C20H20N6O3S. The first-order chi connectivity index (χ1) is 14.5. The molecule has 9 nitrogen and oxygen atoms in total. The Labute approximate surface area is 176 Å². The van der Waals surface area contributed by atoms with Gasteiger partial charge in [-0.25, -0.2) is 9.78 Å². The van der Waals surface area contributed by atoms with Gasteiger partial charge in [0, 0.05) is 5.39 Å². The van der Waals surface area contributed by atoms with E-state index in [2.05, 4.69) is 20.6 Å². The summed E-state index contributed by atoms with van der Waals surface area (Å²) in [6.45, 7) is 5.85. The standard InChI is InChI=1S/C20H20N6O3S/c1-5-29-19(27)14-10-21-26(18(14)23-20-25-24-12(3)30-20)16-9-11(2)13-7-6-8-15(28-4)17(13)22-16/h6-10H,5H2,1-4H3,(H,23,25). The van der Waals surface area contributed by atoms with E-state index in [0.29, 0.717) is 28.0 Å². The summed E-state index contributed by atoms with van der Waals surface area (Å²) in [5.74, 6) is 1.11. The first-order valence-corrected chi connectivity index (χ1v) is 10.1. The molecule has 0 radical (unpaired) electrons. The number of ether oxygens (including phenoxy) is 2. The van der Waals surface area contributed by atoms with Crippen LogP contribution in [0.3, 0.4) is 0 Å². The molecule has 154 valence electrons. The van der Waals surface area contributed by atoms with Crippen molar-refractivity contribution in [3.63, 3.8) is 0 Å². The second-order valence-electron chi connectivity index (χ2n) is 6.44. The number of methoxy groups -OCH3 is 1. The molecule has 0 fully saturated rings. The van der Waals surface area contributed by atoms with E-state index in [9.17, 15) is 4.79 Å². The summed E-state index contributed by atoms with van der Waals surface area (Å²) in [6, 6.07) is 7.67. The number of benzene rings is 1. The van der Waals surface area contributed by atoms with Crippen LogP contribution >= 0.6 is 11.3 Å². The number of hydrogen-bond acceptors (Lipinski definition) is 9. The van der Waals surface area contributed by atoms with Crippen LogP contribution in [0, 0.1) is 13.8 Å². The van der Waals surface area contributed by atoms with E-state index in [1.165, 1.54) is 17.5 Å². The Kier molecular flexibility index (Phi) is 5.32. The fourth-order valence-corrected chi connectivity index (χ4v) is 3.69. The molecule has 3 heterocycles. The van der Waals surface area contributed by atoms with Gasteiger partial charge >= 0.3 is 5.97 Å². The predicted octanol–water partition coefficient (Wildman–Crippen LogP) is 3.82. The summed E-state index contributed by atoms with van der Waals surface area (Å²) < 4.78 is 12.2. The highest BCUT2D eigenvalue weighted by Gasteiger charge is 2.22. The number of hydrogen-bond donors (Lipinski definition) is 1. The van der Waals surface area contributed by atoms with Gasteiger partial charge in [-0.2, -0.15) is 9.78 Å². The van der Waals surface area contributed by atoms with Gasteiger partial charge in [0.2, 0.25) is 5.13 Å². The van der Waals surface area contributed by atoms with Crippen LogP contribution in [0.4, 0.5) is 10.9 Å². The molecule has 0 unspecified atom stereocenters. The molecule has 0 atom stereocenters. The maximum atomic E-state index is 12.5. The molecule has 1 aromatic carbocycles. The lowest BCUT2D eigenvalue weighted by atomic mass is 10.1. The third-order valence-electron chi connectivity index (χ3n) is 4.45. The number of carbonyl (C=O) groups excluding carboxylic acids is 1. The fourth-order valence-electron chi connectivity index (χ4n) is 3.10. The normalized spacial score (nSPS) is 10.9. The Morgan fingerprint density at radius 2 is 2.10 bits per heavy atom. The van der Waals surface area contributed by atoms with Crippen LogP contribution in [0.5, 0.6) is 5.75 Å². The molecule has 4 rings (SSSR count). The van der Waals surface area contributed by atoms with Crippen LogP contribution < -0.4 is 10.1 Å². The Morgan fingerprint density at radius 3 is 2.80 bits per heavy atom. The van der Waals surface area contributed by atoms with Gasteiger partial charge in [0.15, 0.2) is 11.6 Å². The number of para-hydroxylation sites is 1. The first-order valence-electron chi connectivity index (χ1n) is 9.28. The average Bonchev–Trinajstić information content (AvgIpc) is 3.34. The van der Waals surface area contributed by atoms with E-state index >= 15 is 0 Å². The van der Waals surface area contributed by atoms with Crippen LogP contribution in [0.15, 0.2) is 30.5 Å². The molecule has 0 aliphatic heterocycles. The van der Waals surface area contributed by atoms with Crippen molar-refractivity contribution in [3.8, 4) is 11.6 Å². The van der Waals surface area contributed by atoms with Crippen molar-refractivity contribution >= 4 is 39.2 Å². The number of nitrogens with one attached hydrogen (secondary N) is 1. The maximum absolute atomic E-state index is 12.5. The zero-order valence-electron chi connectivity index (χ0n) is 17.0. The number of pyridine rings is 1. The van der Waals surface area contributed by atoms with E-state index in [1.54, 1.807) is 18.7 Å². The predicted molar refractivity (Wildman–Crippen MR) is 114 cm³/mol. The first kappa shape index (κ1) is 19.8. The zero-order chi connectivity index (χ0) is 21.3. The third-order valence-corrected chi connectivity index (χ3v) is 5.20. The van der Waals surface area contributed by atoms with Gasteiger partial charge < -0.3 is 14.8 Å². The quantitative estimate of drug-likeness (QED) is 0.466. The molecule has 0 spiro atoms. The molecule has 0 saturated heterocycles. The lowest BCUT2D eigenvalue weighted by Gasteiger charge is -2.12. The second kappa shape index (κ2) is 8.07. The van der Waals surface area contributed by atoms with E-state index < -0.39 is 5.97 Å². The lowest BCUT2D eigenvalue weighted by Crippen LogP contribution is -2.10. The van der Waals surface area contributed by atoms with Crippen molar-refractivity contribution in [1.29, 1.82) is 0 Å². The molecule has 0 aliphatic rings. The van der Waals surface area contributed by atoms with E-state index in [-0.39, 0.29) is 12.2 Å². The SMILES string of the molecule is CCOC(=O)c1cnn(-c2cc(C)c3cccc(OC)c3n2)c1Nc1nnc(C)s1. The van der Waals surface area contributed by atoms with Gasteiger partial charge in [-0.05, 0) is 38.5 Å². The Hall–Kier alpha value is -3.53. The molecule has 3 aromatic heterocycles. The Bertz CT molecular complexity index is 1230. The van der Waals surface area contributed by atoms with Gasteiger partial charge in [-0.1, -0.05) is 23.5 Å². The van der Waals surface area contributed by atoms with Crippen LogP contribution in [-0.4, -0.2) is 44.6 Å². The monoisotopic (exact) mass is 424 g/mol. The molecule has 10 heteroatoms. The van der Waals surface area contributed by atoms with Crippen molar-refractivity contribution < 1.29 is 14.3 Å². The van der Waals surface area contributed by atoms with Crippen molar-refractivity contribution in [2.45, 2.75) is 20.8 Å². The minimum atomic E-state index is -0.484. The summed E-state index contributed by atoms with van der Waals surface area (Å²) in [7, 11) is 1.61. The summed E-state index contributed by atoms with van der Waals surface area (Å²) in [5, 5.41) is 18.0. The molecular weight excluding hydrogens is 404 g/mol. The smallest absolute Gasteiger partial charge is 0.343 e. The number of anilines is 2. The molecule has 0 saturated carbocycles. The molecule has 0 aliphatic carbocycles. The molecule has 0 bridgehead atoms. The lowest BCUT2D eigenvalue weighted by molar-refractivity contribution is 0.0527. The number of aryl methyl sites for hydroxylation is 2. The minimum absolute atomic E-state index is 0.256. The van der Waals surface area contributed by atoms with Gasteiger partial charge in [0.1, 0.15) is 21.8 Å². The number of rotatable bonds is 6. The fraction of sp³-hybridized carbons (Fsp3) is 0.250. The highest BCUT2D eigenvalue weighted by atomic mass is 32.1. The average molecular weight is 424 g/mol. The topological polar surface area (TPSA) is 104 Å². The van der Waals surface area contributed by atoms with Crippen LogP contribution in [0.25, 0.3) is 16.7 Å². The van der Waals surface area contributed by atoms with Gasteiger partial charge in [0.25, 0.3) is 0 Å². The van der Waals surface area contributed by atoms with Crippen molar-refractivity contribution in [2.24, 2.45) is 0 Å². The van der Waals surface area contributed by atoms with Crippen molar-refractivity contribution in [2.75, 3.05) is 19.0 Å². The highest BCUT2D eigenvalue weighted by Crippen LogP contribution is 2.30. The van der Waals surface area contributed by atoms with Crippen LogP contribution in [-0.2, 0) is 4.74 Å². The number of fused-ring (bicyclic) bond motifs is 1. The largest absolute Gasteiger partial charge is 0.494 e. The number of esters is 1. The minimum Gasteiger partial charge on any atom is -0.494 e. The van der Waals surface area contributed by atoms with E-state index in [1.807, 2.05) is 38.1 Å². The highest BCUT2D eigenvalue weighted by molar-refractivity contribution is 7.15. The molecule has 1 N–H and O–H groups in total. The van der Waals surface area contributed by atoms with Crippen LogP contribution in [0.2, 0.25) is 0 Å². The van der Waals surface area contributed by atoms with Gasteiger partial charge in [-0.3, -0.25) is 0 Å². The summed E-state index contributed by atoms with van der Waals surface area (Å²) in [4.78, 5) is 17.3. The van der Waals surface area contributed by atoms with E-state index in [0.717, 1.165) is 16.0 Å². The van der Waals surface area contributed by atoms with E-state index in [4.69, 9.17) is 14.5 Å². The number of carbonyl (C=O) groups is 1. The summed E-state index contributed by atoms with van der Waals surface area (Å²) in [5.41, 5.74) is 1.99. The number of nitrogens with zero attached hydrogens (tertiary/aromatic N) is 5. The maximum Gasteiger partial charge on any atom is 0.343 e. The molecule has 0 amide bonds. The third kappa shape index (κ3) is 3.57. The summed E-state index contributed by atoms with van der Waals surface area (Å²) in [6.07, 6.45) is 1.46. The van der Waals surface area contributed by atoms with Crippen LogP contribution in [0.1, 0.15) is 27.9 Å². The summed E-state index contributed by atoms with van der Waals surface area (Å²) >= 11 is 1.37. The molecule has 4 aromatic rings. The Morgan fingerprint density at radius 1 is 1.27 bits per heavy atom. The number of aromatic nitrogens is 5.